The Hall–Kier alpha value is -3.16. The number of nitrogens with one attached hydrogen (secondary N) is 1. The van der Waals surface area contributed by atoms with Gasteiger partial charge in [-0.25, -0.2) is 12.7 Å². The number of para-hydroxylation sites is 1. The highest BCUT2D eigenvalue weighted by atomic mass is 32.2. The fourth-order valence-electron chi connectivity index (χ4n) is 3.95. The van der Waals surface area contributed by atoms with Crippen LogP contribution in [0.25, 0.3) is 0 Å². The van der Waals surface area contributed by atoms with Crippen molar-refractivity contribution in [1.82, 2.24) is 9.62 Å². The molecule has 0 unspecified atom stereocenters. The van der Waals surface area contributed by atoms with Crippen LogP contribution < -0.4 is 10.1 Å². The van der Waals surface area contributed by atoms with Crippen LogP contribution in [0.5, 0.6) is 11.5 Å². The maximum atomic E-state index is 12.7. The predicted molar refractivity (Wildman–Crippen MR) is 128 cm³/mol. The van der Waals surface area contributed by atoms with Gasteiger partial charge < -0.3 is 10.1 Å². The molecule has 6 nitrogen and oxygen atoms in total. The first-order chi connectivity index (χ1) is 16.0. The minimum Gasteiger partial charge on any atom is -0.457 e. The molecule has 4 rings (SSSR count). The van der Waals surface area contributed by atoms with Gasteiger partial charge in [-0.2, -0.15) is 0 Å². The highest BCUT2D eigenvalue weighted by Gasteiger charge is 2.31. The van der Waals surface area contributed by atoms with Crippen LogP contribution in [0.4, 0.5) is 0 Å². The highest BCUT2D eigenvalue weighted by Crippen LogP contribution is 2.23. The minimum atomic E-state index is -3.38. The van der Waals surface area contributed by atoms with Gasteiger partial charge in [0.2, 0.25) is 15.9 Å². The molecular formula is C26H28N2O4S. The molecule has 0 aromatic heterocycles. The molecule has 0 spiro atoms. The number of hydrogen-bond acceptors (Lipinski definition) is 4. The number of piperidine rings is 1. The largest absolute Gasteiger partial charge is 0.457 e. The van der Waals surface area contributed by atoms with Crippen molar-refractivity contribution < 1.29 is 17.9 Å². The normalized spacial score (nSPS) is 15.2. The summed E-state index contributed by atoms with van der Waals surface area (Å²) >= 11 is 0. The average Bonchev–Trinajstić information content (AvgIpc) is 2.84. The van der Waals surface area contributed by atoms with Crippen LogP contribution in [-0.2, 0) is 27.1 Å². The van der Waals surface area contributed by atoms with Crippen molar-refractivity contribution in [2.45, 2.75) is 25.1 Å². The third-order valence-electron chi connectivity index (χ3n) is 5.75. The molecule has 7 heteroatoms. The van der Waals surface area contributed by atoms with Crippen molar-refractivity contribution in [3.8, 4) is 11.5 Å². The van der Waals surface area contributed by atoms with Crippen molar-refractivity contribution in [2.75, 3.05) is 13.1 Å². The standard InChI is InChI=1S/C26H28N2O4S/c29-26(27-19-22-10-7-13-25(18-22)32-24-11-5-2-6-12-24)23-14-16-28(17-15-23)33(30,31)20-21-8-3-1-4-9-21/h1-13,18,23H,14-17,19-20H2,(H,27,29). The van der Waals surface area contributed by atoms with Gasteiger partial charge >= 0.3 is 0 Å². The Morgan fingerprint density at radius 3 is 2.15 bits per heavy atom. The average molecular weight is 465 g/mol. The number of carbonyl (C=O) groups excluding carboxylic acids is 1. The predicted octanol–water partition coefficient (Wildman–Crippen LogP) is 4.34. The zero-order valence-electron chi connectivity index (χ0n) is 18.4. The molecule has 0 aliphatic carbocycles. The van der Waals surface area contributed by atoms with Gasteiger partial charge in [-0.1, -0.05) is 60.7 Å². The summed E-state index contributed by atoms with van der Waals surface area (Å²) in [6.07, 6.45) is 1.05. The fourth-order valence-corrected chi connectivity index (χ4v) is 5.51. The van der Waals surface area contributed by atoms with Gasteiger partial charge in [0.25, 0.3) is 0 Å². The van der Waals surface area contributed by atoms with E-state index in [1.165, 1.54) is 4.31 Å². The maximum Gasteiger partial charge on any atom is 0.223 e. The molecule has 1 heterocycles. The van der Waals surface area contributed by atoms with E-state index < -0.39 is 10.0 Å². The van der Waals surface area contributed by atoms with Gasteiger partial charge in [0.05, 0.1) is 5.75 Å². The van der Waals surface area contributed by atoms with E-state index in [9.17, 15) is 13.2 Å². The van der Waals surface area contributed by atoms with Crippen LogP contribution in [0, 0.1) is 5.92 Å². The fraction of sp³-hybridized carbons (Fsp3) is 0.269. The SMILES string of the molecule is O=C(NCc1cccc(Oc2ccccc2)c1)C1CCN(S(=O)(=O)Cc2ccccc2)CC1. The van der Waals surface area contributed by atoms with Crippen molar-refractivity contribution in [3.63, 3.8) is 0 Å². The summed E-state index contributed by atoms with van der Waals surface area (Å²) in [5.41, 5.74) is 1.72. The first-order valence-electron chi connectivity index (χ1n) is 11.1. The van der Waals surface area contributed by atoms with E-state index in [4.69, 9.17) is 4.74 Å². The first-order valence-corrected chi connectivity index (χ1v) is 12.7. The number of ether oxygens (including phenoxy) is 1. The van der Waals surface area contributed by atoms with E-state index in [0.717, 1.165) is 16.9 Å². The molecule has 33 heavy (non-hydrogen) atoms. The Bertz CT molecular complexity index is 1160. The molecule has 1 N–H and O–H groups in total. The number of hydrogen-bond donors (Lipinski definition) is 1. The topological polar surface area (TPSA) is 75.7 Å². The van der Waals surface area contributed by atoms with Crippen LogP contribution in [0.3, 0.4) is 0 Å². The lowest BCUT2D eigenvalue weighted by Crippen LogP contribution is -2.43. The molecule has 0 saturated carbocycles. The van der Waals surface area contributed by atoms with Crippen molar-refractivity contribution in [3.05, 3.63) is 96.1 Å². The van der Waals surface area contributed by atoms with E-state index in [-0.39, 0.29) is 17.6 Å². The second-order valence-corrected chi connectivity index (χ2v) is 10.2. The summed E-state index contributed by atoms with van der Waals surface area (Å²) in [5, 5.41) is 2.99. The summed E-state index contributed by atoms with van der Waals surface area (Å²) in [7, 11) is -3.38. The lowest BCUT2D eigenvalue weighted by molar-refractivity contribution is -0.126. The monoisotopic (exact) mass is 464 g/mol. The van der Waals surface area contributed by atoms with E-state index in [1.54, 1.807) is 0 Å². The third-order valence-corrected chi connectivity index (χ3v) is 7.60. The van der Waals surface area contributed by atoms with Crippen molar-refractivity contribution >= 4 is 15.9 Å². The lowest BCUT2D eigenvalue weighted by Gasteiger charge is -2.30. The van der Waals surface area contributed by atoms with Gasteiger partial charge in [0, 0.05) is 25.6 Å². The van der Waals surface area contributed by atoms with Crippen LogP contribution >= 0.6 is 0 Å². The second kappa shape index (κ2) is 10.6. The number of carbonyl (C=O) groups is 1. The zero-order valence-corrected chi connectivity index (χ0v) is 19.2. The summed E-state index contributed by atoms with van der Waals surface area (Å²) in [4.78, 5) is 12.7. The molecule has 1 amide bonds. The Balaban J connectivity index is 1.26. The Labute approximate surface area is 195 Å². The van der Waals surface area contributed by atoms with Gasteiger partial charge in [0.15, 0.2) is 0 Å². The minimum absolute atomic E-state index is 0.00784. The number of rotatable bonds is 8. The molecule has 1 aliphatic rings. The van der Waals surface area contributed by atoms with E-state index in [2.05, 4.69) is 5.32 Å². The molecular weight excluding hydrogens is 436 g/mol. The number of benzene rings is 3. The van der Waals surface area contributed by atoms with Gasteiger partial charge in [-0.05, 0) is 48.2 Å². The van der Waals surface area contributed by atoms with E-state index >= 15 is 0 Å². The first kappa shape index (κ1) is 23.0. The molecule has 3 aromatic carbocycles. The van der Waals surface area contributed by atoms with Crippen molar-refractivity contribution in [1.29, 1.82) is 0 Å². The highest BCUT2D eigenvalue weighted by molar-refractivity contribution is 7.88. The van der Waals surface area contributed by atoms with Crippen molar-refractivity contribution in [2.24, 2.45) is 5.92 Å². The number of nitrogens with zero attached hydrogens (tertiary/aromatic N) is 1. The Kier molecular flexibility index (Phi) is 7.42. The van der Waals surface area contributed by atoms with Gasteiger partial charge in [-0.3, -0.25) is 4.79 Å². The quantitative estimate of drug-likeness (QED) is 0.538. The summed E-state index contributed by atoms with van der Waals surface area (Å²) in [5.74, 6) is 1.24. The number of amides is 1. The molecule has 3 aromatic rings. The molecule has 1 fully saturated rings. The molecule has 172 valence electrons. The lowest BCUT2D eigenvalue weighted by atomic mass is 9.97. The van der Waals surface area contributed by atoms with Crippen LogP contribution in [0.15, 0.2) is 84.9 Å². The summed E-state index contributed by atoms with van der Waals surface area (Å²) in [6, 6.07) is 26.3. The number of sulfonamides is 1. The van der Waals surface area contributed by atoms with E-state index in [0.29, 0.717) is 38.2 Å². The van der Waals surface area contributed by atoms with Crippen LogP contribution in [-0.4, -0.2) is 31.7 Å². The molecule has 1 saturated heterocycles. The molecule has 0 radical (unpaired) electrons. The van der Waals surface area contributed by atoms with Gasteiger partial charge in [-0.15, -0.1) is 0 Å². The zero-order chi connectivity index (χ0) is 23.1. The van der Waals surface area contributed by atoms with E-state index in [1.807, 2.05) is 84.9 Å². The second-order valence-electron chi connectivity index (χ2n) is 8.20. The Morgan fingerprint density at radius 1 is 0.848 bits per heavy atom. The van der Waals surface area contributed by atoms with Crippen LogP contribution in [0.2, 0.25) is 0 Å². The summed E-state index contributed by atoms with van der Waals surface area (Å²) in [6.45, 7) is 1.14. The maximum absolute atomic E-state index is 12.7. The third kappa shape index (κ3) is 6.43. The van der Waals surface area contributed by atoms with Gasteiger partial charge in [0.1, 0.15) is 11.5 Å². The summed E-state index contributed by atoms with van der Waals surface area (Å²) < 4.78 is 32.8. The molecule has 0 atom stereocenters. The van der Waals surface area contributed by atoms with Crippen LogP contribution in [0.1, 0.15) is 24.0 Å². The smallest absolute Gasteiger partial charge is 0.223 e. The molecule has 1 aliphatic heterocycles. The Morgan fingerprint density at radius 2 is 1.45 bits per heavy atom. The molecule has 0 bridgehead atoms.